The van der Waals surface area contributed by atoms with Gasteiger partial charge in [0.1, 0.15) is 17.1 Å². The normalized spacial score (nSPS) is 24.2. The summed E-state index contributed by atoms with van der Waals surface area (Å²) < 4.78 is 6.58. The fourth-order valence-corrected chi connectivity index (χ4v) is 6.57. The number of phenolic OH excluding ortho intramolecular Hbond substituents is 1. The van der Waals surface area contributed by atoms with Gasteiger partial charge in [-0.25, -0.2) is 0 Å². The molecule has 0 radical (unpaired) electrons. The molecule has 4 heteroatoms. The Labute approximate surface area is 213 Å². The molecule has 3 aliphatic rings. The number of rotatable bonds is 9. The fraction of sp³-hybridized carbons (Fsp3) is 0.710. The third-order valence-corrected chi connectivity index (χ3v) is 8.91. The van der Waals surface area contributed by atoms with Crippen molar-refractivity contribution in [3.63, 3.8) is 0 Å². The quantitative estimate of drug-likeness (QED) is 0.376. The van der Waals surface area contributed by atoms with Gasteiger partial charge >= 0.3 is 0 Å². The summed E-state index contributed by atoms with van der Waals surface area (Å²) in [6.45, 7) is 13.7. The molecular formula is C31H47NO3. The maximum absolute atomic E-state index is 13.2. The second-order valence-electron chi connectivity index (χ2n) is 12.4. The molecule has 1 aliphatic carbocycles. The number of Topliss-reactive ketones (excluding diaryl/α,β-unsaturated/α-hetero) is 1. The van der Waals surface area contributed by atoms with Gasteiger partial charge in [-0.05, 0) is 87.7 Å². The summed E-state index contributed by atoms with van der Waals surface area (Å²) in [5, 5.41) is 11.3. The lowest BCUT2D eigenvalue weighted by molar-refractivity contribution is -0.117. The molecule has 2 heterocycles. The molecule has 0 unspecified atom stereocenters. The Balaban J connectivity index is 1.56. The highest BCUT2D eigenvalue weighted by Crippen LogP contribution is 2.55. The molecule has 0 spiro atoms. The molecule has 1 N–H and O–H groups in total. The van der Waals surface area contributed by atoms with Crippen molar-refractivity contribution in [2.24, 2.45) is 5.92 Å². The molecule has 194 valence electrons. The van der Waals surface area contributed by atoms with E-state index in [-0.39, 0.29) is 28.6 Å². The van der Waals surface area contributed by atoms with Crippen LogP contribution >= 0.6 is 0 Å². The first-order chi connectivity index (χ1) is 16.6. The van der Waals surface area contributed by atoms with Crippen molar-refractivity contribution in [1.82, 2.24) is 4.90 Å². The molecule has 0 saturated carbocycles. The topological polar surface area (TPSA) is 49.8 Å². The number of carbonyl (C=O) groups is 1. The maximum Gasteiger partial charge on any atom is 0.172 e. The van der Waals surface area contributed by atoms with E-state index in [1.165, 1.54) is 44.9 Å². The number of allylic oxidation sites excluding steroid dienone is 1. The van der Waals surface area contributed by atoms with Crippen LogP contribution in [0.2, 0.25) is 0 Å². The Kier molecular flexibility index (Phi) is 8.00. The third kappa shape index (κ3) is 5.79. The van der Waals surface area contributed by atoms with E-state index < -0.39 is 0 Å². The number of ketones is 1. The lowest BCUT2D eigenvalue weighted by Gasteiger charge is -2.47. The van der Waals surface area contributed by atoms with Gasteiger partial charge in [0.25, 0.3) is 0 Å². The molecule has 2 aliphatic heterocycles. The van der Waals surface area contributed by atoms with Crippen LogP contribution in [0.3, 0.4) is 0 Å². The number of nitrogens with zero attached hydrogens (tertiary/aromatic N) is 1. The summed E-state index contributed by atoms with van der Waals surface area (Å²) in [5.74, 6) is 1.79. The monoisotopic (exact) mass is 481 g/mol. The third-order valence-electron chi connectivity index (χ3n) is 8.91. The van der Waals surface area contributed by atoms with E-state index in [2.05, 4.69) is 51.7 Å². The number of aromatic hydroxyl groups is 1. The van der Waals surface area contributed by atoms with E-state index in [4.69, 9.17) is 4.74 Å². The molecule has 35 heavy (non-hydrogen) atoms. The van der Waals surface area contributed by atoms with Crippen LogP contribution < -0.4 is 4.74 Å². The smallest absolute Gasteiger partial charge is 0.172 e. The molecule has 0 aromatic heterocycles. The molecule has 2 atom stereocenters. The molecule has 4 nitrogen and oxygen atoms in total. The van der Waals surface area contributed by atoms with Crippen molar-refractivity contribution >= 4 is 5.78 Å². The van der Waals surface area contributed by atoms with Crippen LogP contribution in [-0.4, -0.2) is 41.0 Å². The Morgan fingerprint density at radius 1 is 1.14 bits per heavy atom. The van der Waals surface area contributed by atoms with Crippen LogP contribution in [0.25, 0.3) is 0 Å². The predicted molar refractivity (Wildman–Crippen MR) is 143 cm³/mol. The van der Waals surface area contributed by atoms with Crippen LogP contribution in [-0.2, 0) is 10.2 Å². The molecule has 1 aromatic carbocycles. The molecule has 1 aromatic rings. The zero-order valence-electron chi connectivity index (χ0n) is 22.8. The summed E-state index contributed by atoms with van der Waals surface area (Å²) in [6, 6.07) is 4.16. The standard InChI is InChI=1S/C31H47NO3/c1-6-7-8-10-15-30(2,3)23-19-26(33)29-24-18-22(27(34)21-32-16-11-9-12-17-32)13-14-25(24)31(4,5)35-28(29)20-23/h13,19-20,24-25,33H,6-12,14-18,21H2,1-5H3/t24-,25-/m1/s1. The van der Waals surface area contributed by atoms with Crippen molar-refractivity contribution in [2.75, 3.05) is 19.6 Å². The van der Waals surface area contributed by atoms with Crippen molar-refractivity contribution in [2.45, 2.75) is 116 Å². The van der Waals surface area contributed by atoms with Crippen molar-refractivity contribution in [3.05, 3.63) is 34.9 Å². The number of ether oxygens (including phenoxy) is 1. The van der Waals surface area contributed by atoms with Crippen LogP contribution in [0.1, 0.15) is 116 Å². The fourth-order valence-electron chi connectivity index (χ4n) is 6.57. The Morgan fingerprint density at radius 2 is 1.89 bits per heavy atom. The van der Waals surface area contributed by atoms with Crippen molar-refractivity contribution in [1.29, 1.82) is 0 Å². The highest BCUT2D eigenvalue weighted by Gasteiger charge is 2.47. The Bertz CT molecular complexity index is 939. The molecular weight excluding hydrogens is 434 g/mol. The second-order valence-corrected chi connectivity index (χ2v) is 12.4. The number of phenols is 1. The Hall–Kier alpha value is -1.81. The van der Waals surface area contributed by atoms with Crippen LogP contribution in [0.5, 0.6) is 11.5 Å². The van der Waals surface area contributed by atoms with Gasteiger partial charge in [0.2, 0.25) is 0 Å². The number of fused-ring (bicyclic) bond motifs is 3. The number of carbonyl (C=O) groups excluding carboxylic acids is 1. The average Bonchev–Trinajstić information content (AvgIpc) is 2.81. The average molecular weight is 482 g/mol. The van der Waals surface area contributed by atoms with E-state index in [9.17, 15) is 9.90 Å². The van der Waals surface area contributed by atoms with E-state index in [0.717, 1.165) is 48.4 Å². The zero-order chi connectivity index (χ0) is 25.2. The largest absolute Gasteiger partial charge is 0.508 e. The van der Waals surface area contributed by atoms with Gasteiger partial charge in [0.15, 0.2) is 5.78 Å². The first-order valence-electron chi connectivity index (χ1n) is 14.1. The molecule has 1 fully saturated rings. The van der Waals surface area contributed by atoms with Crippen LogP contribution in [0.4, 0.5) is 0 Å². The van der Waals surface area contributed by atoms with Gasteiger partial charge in [-0.1, -0.05) is 59.0 Å². The van der Waals surface area contributed by atoms with E-state index in [0.29, 0.717) is 18.7 Å². The SMILES string of the molecule is CCCCCCC(C)(C)c1cc(O)c2c(c1)OC(C)(C)[C@@H]1CC=C(C(=O)CN3CCCCC3)C[C@@H]21. The van der Waals surface area contributed by atoms with Crippen LogP contribution in [0.15, 0.2) is 23.8 Å². The maximum atomic E-state index is 13.2. The molecule has 0 bridgehead atoms. The summed E-state index contributed by atoms with van der Waals surface area (Å²) in [5.41, 5.74) is 2.64. The summed E-state index contributed by atoms with van der Waals surface area (Å²) >= 11 is 0. The highest BCUT2D eigenvalue weighted by atomic mass is 16.5. The number of piperidine rings is 1. The summed E-state index contributed by atoms with van der Waals surface area (Å²) in [4.78, 5) is 15.5. The van der Waals surface area contributed by atoms with Gasteiger partial charge < -0.3 is 9.84 Å². The minimum atomic E-state index is -0.341. The van der Waals surface area contributed by atoms with Crippen molar-refractivity contribution in [3.8, 4) is 11.5 Å². The lowest BCUT2D eigenvalue weighted by Crippen LogP contribution is -2.46. The summed E-state index contributed by atoms with van der Waals surface area (Å²) in [7, 11) is 0. The van der Waals surface area contributed by atoms with Gasteiger partial charge in [0, 0.05) is 17.4 Å². The van der Waals surface area contributed by atoms with Gasteiger partial charge in [-0.2, -0.15) is 0 Å². The second kappa shape index (κ2) is 10.7. The molecule has 0 amide bonds. The number of hydrogen-bond acceptors (Lipinski definition) is 4. The zero-order valence-corrected chi connectivity index (χ0v) is 22.8. The predicted octanol–water partition coefficient (Wildman–Crippen LogP) is 7.29. The number of unbranched alkanes of at least 4 members (excludes halogenated alkanes) is 3. The Morgan fingerprint density at radius 3 is 2.60 bits per heavy atom. The number of hydrogen-bond donors (Lipinski definition) is 1. The van der Waals surface area contributed by atoms with Gasteiger partial charge in [0.05, 0.1) is 6.54 Å². The first kappa shape index (κ1) is 26.3. The molecule has 1 saturated heterocycles. The van der Waals surface area contributed by atoms with E-state index in [1.807, 2.05) is 6.07 Å². The van der Waals surface area contributed by atoms with Crippen LogP contribution in [0, 0.1) is 5.92 Å². The van der Waals surface area contributed by atoms with Gasteiger partial charge in [-0.15, -0.1) is 0 Å². The van der Waals surface area contributed by atoms with E-state index in [1.54, 1.807) is 0 Å². The van der Waals surface area contributed by atoms with Crippen molar-refractivity contribution < 1.29 is 14.6 Å². The lowest BCUT2D eigenvalue weighted by atomic mass is 9.66. The van der Waals surface area contributed by atoms with Gasteiger partial charge in [-0.3, -0.25) is 9.69 Å². The number of benzene rings is 1. The minimum Gasteiger partial charge on any atom is -0.508 e. The summed E-state index contributed by atoms with van der Waals surface area (Å²) in [6.07, 6.45) is 13.4. The highest BCUT2D eigenvalue weighted by molar-refractivity contribution is 5.97. The molecule has 4 rings (SSSR count). The first-order valence-corrected chi connectivity index (χ1v) is 14.1. The van der Waals surface area contributed by atoms with E-state index >= 15 is 0 Å². The minimum absolute atomic E-state index is 0.0212. The number of likely N-dealkylation sites (tertiary alicyclic amines) is 1.